The van der Waals surface area contributed by atoms with E-state index in [2.05, 4.69) is 15.6 Å². The Hall–Kier alpha value is -3.54. The van der Waals surface area contributed by atoms with Gasteiger partial charge in [-0.05, 0) is 67.4 Å². The summed E-state index contributed by atoms with van der Waals surface area (Å²) in [6, 6.07) is 16.9. The summed E-state index contributed by atoms with van der Waals surface area (Å²) in [6.45, 7) is 5.04. The number of aryl methyl sites for hydroxylation is 2. The highest BCUT2D eigenvalue weighted by atomic mass is 16.5. The number of hydrogen-bond donors (Lipinski definition) is 2. The lowest BCUT2D eigenvalue weighted by Gasteiger charge is -2.10. The molecule has 1 heterocycles. The third-order valence-electron chi connectivity index (χ3n) is 4.40. The molecular formula is C23H25N3O3. The van der Waals surface area contributed by atoms with Crippen molar-refractivity contribution in [3.05, 3.63) is 77.5 Å². The van der Waals surface area contributed by atoms with Gasteiger partial charge in [0.1, 0.15) is 23.9 Å². The zero-order valence-electron chi connectivity index (χ0n) is 16.9. The van der Waals surface area contributed by atoms with E-state index < -0.39 is 0 Å². The second-order valence-electron chi connectivity index (χ2n) is 6.66. The second-order valence-corrected chi connectivity index (χ2v) is 6.66. The van der Waals surface area contributed by atoms with Gasteiger partial charge in [0.2, 0.25) is 0 Å². The molecule has 150 valence electrons. The molecule has 0 bridgehead atoms. The van der Waals surface area contributed by atoms with Crippen LogP contribution in [0.15, 0.2) is 60.8 Å². The van der Waals surface area contributed by atoms with E-state index in [0.717, 1.165) is 28.3 Å². The lowest BCUT2D eigenvalue weighted by atomic mass is 10.1. The van der Waals surface area contributed by atoms with Crippen LogP contribution < -0.4 is 20.1 Å². The summed E-state index contributed by atoms with van der Waals surface area (Å²) in [5, 5.41) is 6.11. The highest BCUT2D eigenvalue weighted by molar-refractivity contribution is 6.04. The number of ether oxygens (including phenoxy) is 2. The van der Waals surface area contributed by atoms with E-state index >= 15 is 0 Å². The van der Waals surface area contributed by atoms with Gasteiger partial charge >= 0.3 is 0 Å². The van der Waals surface area contributed by atoms with Crippen LogP contribution in [0.25, 0.3) is 0 Å². The molecule has 29 heavy (non-hydrogen) atoms. The molecule has 3 aromatic rings. The maximum Gasteiger partial charge on any atom is 0.257 e. The Labute approximate surface area is 170 Å². The number of hydrogen-bond acceptors (Lipinski definition) is 5. The first kappa shape index (κ1) is 20.2. The van der Waals surface area contributed by atoms with Crippen molar-refractivity contribution in [3.8, 4) is 11.5 Å². The van der Waals surface area contributed by atoms with Crippen LogP contribution in [0.1, 0.15) is 21.5 Å². The zero-order valence-corrected chi connectivity index (χ0v) is 16.9. The van der Waals surface area contributed by atoms with Crippen LogP contribution in [0.4, 0.5) is 11.5 Å². The van der Waals surface area contributed by atoms with Crippen molar-refractivity contribution >= 4 is 17.4 Å². The predicted octanol–water partition coefficient (Wildman–Crippen LogP) is 4.45. The van der Waals surface area contributed by atoms with E-state index in [1.807, 2.05) is 56.3 Å². The fraction of sp³-hybridized carbons (Fsp3) is 0.217. The number of aromatic nitrogens is 1. The van der Waals surface area contributed by atoms with Crippen LogP contribution in [0.3, 0.4) is 0 Å². The standard InChI is InChI=1S/C23H25N3O3/c1-16-4-5-17(2)21(14-16)26-23(27)18-6-11-22(25-15-18)24-12-13-29-20-9-7-19(28-3)8-10-20/h4-11,14-15H,12-13H2,1-3H3,(H,24,25)(H,26,27). The normalized spacial score (nSPS) is 10.3. The maximum atomic E-state index is 12.5. The summed E-state index contributed by atoms with van der Waals surface area (Å²) in [5.74, 6) is 2.08. The first-order valence-corrected chi connectivity index (χ1v) is 9.40. The number of methoxy groups -OCH3 is 1. The van der Waals surface area contributed by atoms with Gasteiger partial charge < -0.3 is 20.1 Å². The molecule has 0 aliphatic heterocycles. The number of anilines is 2. The van der Waals surface area contributed by atoms with Gasteiger partial charge in [-0.15, -0.1) is 0 Å². The van der Waals surface area contributed by atoms with E-state index in [4.69, 9.17) is 9.47 Å². The average molecular weight is 391 g/mol. The summed E-state index contributed by atoms with van der Waals surface area (Å²) in [5.41, 5.74) is 3.44. The third kappa shape index (κ3) is 5.72. The zero-order chi connectivity index (χ0) is 20.6. The Morgan fingerprint density at radius 2 is 1.76 bits per heavy atom. The van der Waals surface area contributed by atoms with Gasteiger partial charge in [0.15, 0.2) is 0 Å². The van der Waals surface area contributed by atoms with Gasteiger partial charge in [0, 0.05) is 11.9 Å². The first-order valence-electron chi connectivity index (χ1n) is 9.40. The lowest BCUT2D eigenvalue weighted by Crippen LogP contribution is -2.15. The molecule has 0 radical (unpaired) electrons. The van der Waals surface area contributed by atoms with E-state index in [1.54, 1.807) is 25.4 Å². The highest BCUT2D eigenvalue weighted by Crippen LogP contribution is 2.18. The van der Waals surface area contributed by atoms with Gasteiger partial charge in [0.05, 0.1) is 19.2 Å². The summed E-state index contributed by atoms with van der Waals surface area (Å²) < 4.78 is 10.8. The van der Waals surface area contributed by atoms with Crippen molar-refractivity contribution in [3.63, 3.8) is 0 Å². The van der Waals surface area contributed by atoms with Crippen molar-refractivity contribution in [2.45, 2.75) is 13.8 Å². The molecule has 6 nitrogen and oxygen atoms in total. The van der Waals surface area contributed by atoms with Crippen LogP contribution in [0.5, 0.6) is 11.5 Å². The topological polar surface area (TPSA) is 72.5 Å². The minimum Gasteiger partial charge on any atom is -0.497 e. The monoisotopic (exact) mass is 391 g/mol. The largest absolute Gasteiger partial charge is 0.497 e. The highest BCUT2D eigenvalue weighted by Gasteiger charge is 2.08. The molecule has 0 unspecified atom stereocenters. The van der Waals surface area contributed by atoms with Crippen LogP contribution >= 0.6 is 0 Å². The minimum absolute atomic E-state index is 0.180. The number of rotatable bonds is 8. The van der Waals surface area contributed by atoms with Crippen molar-refractivity contribution in [1.29, 1.82) is 0 Å². The van der Waals surface area contributed by atoms with E-state index in [0.29, 0.717) is 24.5 Å². The number of nitrogens with zero attached hydrogens (tertiary/aromatic N) is 1. The molecular weight excluding hydrogens is 366 g/mol. The Kier molecular flexibility index (Phi) is 6.68. The Morgan fingerprint density at radius 3 is 2.45 bits per heavy atom. The molecule has 1 amide bonds. The average Bonchev–Trinajstić information content (AvgIpc) is 2.74. The van der Waals surface area contributed by atoms with Crippen LogP contribution in [-0.4, -0.2) is 31.2 Å². The number of nitrogens with one attached hydrogen (secondary N) is 2. The van der Waals surface area contributed by atoms with Crippen LogP contribution in [-0.2, 0) is 0 Å². The first-order chi connectivity index (χ1) is 14.0. The molecule has 1 aromatic heterocycles. The second kappa shape index (κ2) is 9.59. The molecule has 0 saturated carbocycles. The SMILES string of the molecule is COc1ccc(OCCNc2ccc(C(=O)Nc3cc(C)ccc3C)cn2)cc1. The Morgan fingerprint density at radius 1 is 1.00 bits per heavy atom. The van der Waals surface area contributed by atoms with Crippen molar-refractivity contribution in [2.75, 3.05) is 30.9 Å². The fourth-order valence-corrected chi connectivity index (χ4v) is 2.72. The molecule has 0 aliphatic rings. The quantitative estimate of drug-likeness (QED) is 0.555. The van der Waals surface area contributed by atoms with Gasteiger partial charge in [-0.3, -0.25) is 4.79 Å². The molecule has 0 saturated heterocycles. The molecule has 0 atom stereocenters. The number of carbonyl (C=O) groups excluding carboxylic acids is 1. The number of benzene rings is 2. The van der Waals surface area contributed by atoms with Gasteiger partial charge in [-0.25, -0.2) is 4.98 Å². The van der Waals surface area contributed by atoms with E-state index in [1.165, 1.54) is 0 Å². The molecule has 0 spiro atoms. The predicted molar refractivity (Wildman–Crippen MR) is 115 cm³/mol. The maximum absolute atomic E-state index is 12.5. The Bertz CT molecular complexity index is 954. The summed E-state index contributed by atoms with van der Waals surface area (Å²) in [6.07, 6.45) is 1.56. The molecule has 0 aliphatic carbocycles. The smallest absolute Gasteiger partial charge is 0.257 e. The fourth-order valence-electron chi connectivity index (χ4n) is 2.72. The summed E-state index contributed by atoms with van der Waals surface area (Å²) >= 11 is 0. The lowest BCUT2D eigenvalue weighted by molar-refractivity contribution is 0.102. The van der Waals surface area contributed by atoms with Crippen molar-refractivity contribution in [1.82, 2.24) is 4.98 Å². The number of amides is 1. The summed E-state index contributed by atoms with van der Waals surface area (Å²) in [7, 11) is 1.63. The number of carbonyl (C=O) groups is 1. The minimum atomic E-state index is -0.180. The number of pyridine rings is 1. The third-order valence-corrected chi connectivity index (χ3v) is 4.40. The van der Waals surface area contributed by atoms with Crippen molar-refractivity contribution < 1.29 is 14.3 Å². The van der Waals surface area contributed by atoms with Gasteiger partial charge in [-0.1, -0.05) is 12.1 Å². The Balaban J connectivity index is 1.47. The van der Waals surface area contributed by atoms with Crippen LogP contribution in [0, 0.1) is 13.8 Å². The van der Waals surface area contributed by atoms with Crippen LogP contribution in [0.2, 0.25) is 0 Å². The van der Waals surface area contributed by atoms with Gasteiger partial charge in [-0.2, -0.15) is 0 Å². The van der Waals surface area contributed by atoms with E-state index in [9.17, 15) is 4.79 Å². The molecule has 3 rings (SSSR count). The van der Waals surface area contributed by atoms with Crippen molar-refractivity contribution in [2.24, 2.45) is 0 Å². The van der Waals surface area contributed by atoms with E-state index in [-0.39, 0.29) is 5.91 Å². The molecule has 0 fully saturated rings. The molecule has 6 heteroatoms. The molecule has 2 N–H and O–H groups in total. The van der Waals surface area contributed by atoms with Gasteiger partial charge in [0.25, 0.3) is 5.91 Å². The molecule has 2 aromatic carbocycles. The summed E-state index contributed by atoms with van der Waals surface area (Å²) in [4.78, 5) is 16.8.